The standard InChI is InChI=1S/C22H24O.C21H20O.2C21H22O.C21H21O.11C2H6.CHI3.CH2I2.CH4.ClH.3HI.2V/c1-5-15-10-6-8-12-17(15)20-19(23)14-16-11-7-9-13-18(16)21(20)22(2,3)4;1-21(2)12-11-14-7-3-5-9-16(14)19-18(22)13-15-8-4-6-10-17(15)20(19)21;1-14-9-5-7-11-16(14)19-18(22)13-15-10-6-8-12-17(15)20(19)21(2,3)4;2*1-4-15-9-5-7-11-17(15)21-19(22)13-16-10-6-8-12-18(16)20(21)14(2)3;11*1-2;2-1(3)4;2-1-3;;;;;;;/h6-13H,5,14H2,1-4H3;3-10H,11-13H2,1-2H3;5-12H,13H2,1-4H3;5-12,14H,4,13H2,1-3H3;5-12H,4,13H2,1-3H3;11*1-2H3;1H;1H2;1H4;4*1H;;/q;;;;-1;;;;;;;;;;;;;;;;;;;;+3/p-3. The Morgan fingerprint density at radius 1 is 0.333 bits per heavy atom. The molecule has 10 aromatic rings. The Balaban J connectivity index is -0.000000391. The molecule has 0 fully saturated rings. The molecule has 0 bridgehead atoms. The van der Waals surface area contributed by atoms with Gasteiger partial charge < -0.3 is 4.79 Å². The van der Waals surface area contributed by atoms with E-state index in [1.54, 1.807) is 0 Å². The number of hydrogen-bond donors (Lipinski definition) is 0. The molecule has 10 aromatic carbocycles. The molecule has 16 heteroatoms. The third kappa shape index (κ3) is 47.0. The molecule has 0 aromatic heterocycles. The number of benzene rings is 10. The van der Waals surface area contributed by atoms with Crippen LogP contribution in [-0.4, -0.2) is 31.3 Å². The second kappa shape index (κ2) is 85.6. The number of allylic oxidation sites excluding steroid dienone is 10. The van der Waals surface area contributed by atoms with Crippen molar-refractivity contribution in [2.45, 2.75) is 335 Å². The fraction of sp³-hybridized carbons (Fsp3) is 0.420. The Morgan fingerprint density at radius 3 is 0.878 bits per heavy atom. The molecule has 0 spiro atoms. The second-order valence-electron chi connectivity index (χ2n) is 34.2. The number of carbonyl (C=O) groups is 5. The van der Waals surface area contributed by atoms with Crippen molar-refractivity contribution < 1.29 is 47.4 Å². The molecule has 0 saturated heterocycles. The van der Waals surface area contributed by atoms with Crippen molar-refractivity contribution in [1.82, 2.24) is 0 Å². The molecule has 5 nitrogen and oxygen atoms in total. The van der Waals surface area contributed by atoms with Gasteiger partial charge in [0.25, 0.3) is 0 Å². The van der Waals surface area contributed by atoms with Gasteiger partial charge in [0.2, 0.25) is 0 Å². The summed E-state index contributed by atoms with van der Waals surface area (Å²) >= 11 is 18.9. The maximum Gasteiger partial charge on any atom is 0 e. The first-order chi connectivity index (χ1) is 69.0. The fourth-order valence-corrected chi connectivity index (χ4v) is 17.7. The van der Waals surface area contributed by atoms with Gasteiger partial charge in [0, 0.05) is 73.0 Å². The van der Waals surface area contributed by atoms with Crippen LogP contribution in [0.1, 0.15) is 381 Å². The van der Waals surface area contributed by atoms with Crippen LogP contribution in [0, 0.1) is 35.0 Å². The Labute approximate surface area is 1020 Å². The van der Waals surface area contributed by atoms with E-state index in [0.29, 0.717) is 38.0 Å². The molecule has 0 atom stereocenters. The molecule has 0 unspecified atom stereocenters. The van der Waals surface area contributed by atoms with Gasteiger partial charge in [-0.25, -0.2) is 0 Å². The quantitative estimate of drug-likeness (QED) is 0.0817. The van der Waals surface area contributed by atoms with E-state index in [-0.39, 0.29) is 88.5 Å². The summed E-state index contributed by atoms with van der Waals surface area (Å²) in [6, 6.07) is 83.2. The topological polar surface area (TPSA) is 85.3 Å². The number of halogens is 9. The zero-order chi connectivity index (χ0) is 111. The van der Waals surface area contributed by atoms with E-state index in [1.165, 1.54) is 86.3 Å². The maximum absolute atomic E-state index is 13.0. The van der Waals surface area contributed by atoms with Crippen LogP contribution in [0.5, 0.6) is 0 Å². The van der Waals surface area contributed by atoms with E-state index in [2.05, 4.69) is 460 Å². The molecule has 0 N–H and O–H groups in total. The van der Waals surface area contributed by atoms with Gasteiger partial charge in [-0.1, -0.05) is 635 Å². The number of hydrogen-bond acceptors (Lipinski definition) is 5. The van der Waals surface area contributed by atoms with Gasteiger partial charge in [0.05, 0.1) is 2.43 Å². The summed E-state index contributed by atoms with van der Waals surface area (Å²) in [6.45, 7) is 78.8. The SMILES string of the molecule is C.CC.CC.CC.CC.CC.CC.CC.CC.CC.CC.CC.CC1(C)CCc2ccccc2C2=C1c1ccccc1CC2=O.CCc1ccccc1C1=C(C(C)(C)C)c2ccccc2CC1=O.CCc1ccccc1C1=C(C(C)C)c2ccccc2CC1=O.CCc1ccccc1C1=C([C-](C)C)c2ccccc2CC1=O.Cc1ccccc1C1=C(C(C)(C)C)c2ccccc2CC1=O.Cl.IC(I)I.ICI.[I][V]([I])[I].[V]. The Hall–Kier alpha value is -3.58. The fourth-order valence-electron chi connectivity index (χ4n) is 17.7. The first-order valence-electron chi connectivity index (χ1n) is 52.9. The van der Waals surface area contributed by atoms with Crippen LogP contribution in [0.15, 0.2) is 243 Å². The normalized spacial score (nSPS) is 12.8. The van der Waals surface area contributed by atoms with Gasteiger partial charge in [0.15, 0.2) is 23.1 Å². The Kier molecular flexibility index (Phi) is 89.7. The first-order valence-corrected chi connectivity index (χ1v) is 73.2. The molecule has 1 radical (unpaired) electrons. The van der Waals surface area contributed by atoms with Crippen molar-refractivity contribution in [3.8, 4) is 0 Å². The minimum atomic E-state index is -0.278. The third-order valence-corrected chi connectivity index (χ3v) is 22.9. The predicted molar refractivity (Wildman–Crippen MR) is 725 cm³/mol. The van der Waals surface area contributed by atoms with Crippen molar-refractivity contribution in [3.05, 3.63) is 360 Å². The molecule has 0 saturated carbocycles. The van der Waals surface area contributed by atoms with Crippen LogP contribution in [0.2, 0.25) is 0 Å². The van der Waals surface area contributed by atoms with Crippen LogP contribution >= 0.6 is 185 Å². The predicted octanol–water partition coefficient (Wildman–Crippen LogP) is 44.3. The van der Waals surface area contributed by atoms with Gasteiger partial charge >= 0.3 is 64.9 Å². The number of fused-ring (bicyclic) bond motifs is 8. The average molecular weight is 2990 g/mol. The summed E-state index contributed by atoms with van der Waals surface area (Å²) in [4.78, 5) is 64.3. The third-order valence-electron chi connectivity index (χ3n) is 22.9. The Morgan fingerprint density at radius 2 is 0.558 bits per heavy atom. The van der Waals surface area contributed by atoms with E-state index in [1.807, 2.05) is 219 Å². The molecule has 811 valence electrons. The van der Waals surface area contributed by atoms with Crippen LogP contribution in [-0.2, 0) is 105 Å². The molecular formula is C131H183ClI8O5V2-. The van der Waals surface area contributed by atoms with Gasteiger partial charge in [-0.3, -0.25) is 19.2 Å². The number of aryl methyl sites for hydroxylation is 5. The number of Topliss-reactive ketones (excluding diaryl/α,β-unsaturated/α-hetero) is 5. The van der Waals surface area contributed by atoms with E-state index in [9.17, 15) is 24.0 Å². The zero-order valence-electron chi connectivity index (χ0n) is 95.9. The Bertz CT molecular complexity index is 5470. The second-order valence-corrected chi connectivity index (χ2v) is 84.9. The summed E-state index contributed by atoms with van der Waals surface area (Å²) in [5.74, 6) is 2.76. The molecule has 16 rings (SSSR count). The van der Waals surface area contributed by atoms with Crippen LogP contribution in [0.4, 0.5) is 0 Å². The van der Waals surface area contributed by atoms with Crippen molar-refractivity contribution in [2.75, 3.05) is 2.43 Å². The van der Waals surface area contributed by atoms with Gasteiger partial charge in [-0.05, 0) is 172 Å². The molecule has 6 aliphatic carbocycles. The van der Waals surface area contributed by atoms with Gasteiger partial charge in [0.1, 0.15) is 5.72 Å². The first kappa shape index (κ1) is 154. The van der Waals surface area contributed by atoms with Crippen LogP contribution < -0.4 is 0 Å². The number of carbonyl (C=O) groups excluding carboxylic acids is 5. The summed E-state index contributed by atoms with van der Waals surface area (Å²) in [7, 11) is 0. The van der Waals surface area contributed by atoms with Crippen molar-refractivity contribution in [1.29, 1.82) is 0 Å². The van der Waals surface area contributed by atoms with Crippen LogP contribution in [0.25, 0.3) is 55.7 Å². The molecule has 0 aliphatic heterocycles. The van der Waals surface area contributed by atoms with Crippen molar-refractivity contribution in [2.24, 2.45) is 22.2 Å². The summed E-state index contributed by atoms with van der Waals surface area (Å²) in [5, 5.41) is 0. The molecular weight excluding hydrogens is 2810 g/mol. The van der Waals surface area contributed by atoms with E-state index in [0.717, 1.165) is 121 Å². The van der Waals surface area contributed by atoms with Gasteiger partial charge in [-0.2, -0.15) is 11.5 Å². The number of alkyl halides is 5. The summed E-state index contributed by atoms with van der Waals surface area (Å²) < 4.78 is 1.93. The average Bonchev–Trinajstić information content (AvgIpc) is 1.68. The van der Waals surface area contributed by atoms with Crippen molar-refractivity contribution in [3.63, 3.8) is 0 Å². The van der Waals surface area contributed by atoms with Crippen molar-refractivity contribution >= 4 is 270 Å². The molecule has 147 heavy (non-hydrogen) atoms. The molecule has 0 heterocycles. The molecule has 0 amide bonds. The number of ketones is 5. The zero-order valence-corrected chi connectivity index (χ0v) is 117. The number of rotatable bonds is 9. The molecule has 6 aliphatic rings. The smallest absolute Gasteiger partial charge is 0 e. The van der Waals surface area contributed by atoms with Crippen LogP contribution in [0.3, 0.4) is 0 Å². The monoisotopic (exact) mass is 2990 g/mol. The minimum absolute atomic E-state index is 0. The largest absolute Gasteiger partial charge is 0 e. The maximum atomic E-state index is 13.0. The van der Waals surface area contributed by atoms with E-state index in [4.69, 9.17) is 0 Å². The summed E-state index contributed by atoms with van der Waals surface area (Å²) in [6.07, 6.45) is 7.47. The minimum Gasteiger partial charge on any atom is 0 e. The van der Waals surface area contributed by atoms with E-state index >= 15 is 0 Å². The van der Waals surface area contributed by atoms with E-state index < -0.39 is 0 Å². The van der Waals surface area contributed by atoms with Gasteiger partial charge in [-0.15, -0.1) is 24.0 Å². The summed E-state index contributed by atoms with van der Waals surface area (Å²) in [5.41, 5.74) is 34.2.